The Morgan fingerprint density at radius 3 is 2.30 bits per heavy atom. The Kier molecular flexibility index (Phi) is 6.94. The minimum Gasteiger partial charge on any atom is -0.406 e. The number of ketones is 1. The molecule has 5 nitrogen and oxygen atoms in total. The van der Waals surface area contributed by atoms with Crippen molar-refractivity contribution < 1.29 is 22.7 Å². The predicted molar refractivity (Wildman–Crippen MR) is 114 cm³/mol. The van der Waals surface area contributed by atoms with Gasteiger partial charge < -0.3 is 20.3 Å². The fourth-order valence-corrected chi connectivity index (χ4v) is 3.56. The maximum Gasteiger partial charge on any atom is 0.573 e. The van der Waals surface area contributed by atoms with Gasteiger partial charge in [-0.3, -0.25) is 4.79 Å². The largest absolute Gasteiger partial charge is 0.573 e. The highest BCUT2D eigenvalue weighted by Crippen LogP contribution is 2.26. The van der Waals surface area contributed by atoms with Crippen LogP contribution in [0.5, 0.6) is 5.75 Å². The zero-order valence-electron chi connectivity index (χ0n) is 16.3. The Hall–Kier alpha value is -2.65. The number of likely N-dealkylation sites (tertiary alicyclic amines) is 1. The van der Waals surface area contributed by atoms with Crippen LogP contribution in [0.1, 0.15) is 23.2 Å². The van der Waals surface area contributed by atoms with Gasteiger partial charge in [-0.25, -0.2) is 0 Å². The number of benzene rings is 2. The fraction of sp³-hybridized carbons (Fsp3) is 0.333. The van der Waals surface area contributed by atoms with E-state index in [1.54, 1.807) is 30.3 Å². The molecule has 0 aromatic heterocycles. The van der Waals surface area contributed by atoms with Crippen molar-refractivity contribution in [3.05, 3.63) is 54.1 Å². The van der Waals surface area contributed by atoms with E-state index in [1.165, 1.54) is 18.2 Å². The lowest BCUT2D eigenvalue weighted by atomic mass is 9.89. The van der Waals surface area contributed by atoms with E-state index >= 15 is 0 Å². The maximum atomic E-state index is 12.8. The fourth-order valence-electron chi connectivity index (χ4n) is 3.32. The smallest absolute Gasteiger partial charge is 0.406 e. The van der Waals surface area contributed by atoms with Crippen LogP contribution in [0.4, 0.5) is 24.5 Å². The molecule has 3 rings (SSSR count). The van der Waals surface area contributed by atoms with Crippen LogP contribution in [0.15, 0.2) is 48.5 Å². The number of halogens is 3. The highest BCUT2D eigenvalue weighted by atomic mass is 32.1. The van der Waals surface area contributed by atoms with Crippen LogP contribution in [0, 0.1) is 5.92 Å². The van der Waals surface area contributed by atoms with Gasteiger partial charge >= 0.3 is 6.36 Å². The number of nitrogens with zero attached hydrogens (tertiary/aromatic N) is 1. The highest BCUT2D eigenvalue weighted by molar-refractivity contribution is 7.80. The van der Waals surface area contributed by atoms with E-state index in [0.29, 0.717) is 16.9 Å². The van der Waals surface area contributed by atoms with Crippen molar-refractivity contribution >= 4 is 34.5 Å². The zero-order chi connectivity index (χ0) is 21.7. The molecule has 1 fully saturated rings. The van der Waals surface area contributed by atoms with Crippen molar-refractivity contribution in [2.24, 2.45) is 5.92 Å². The van der Waals surface area contributed by atoms with Crippen molar-refractivity contribution in [1.29, 1.82) is 0 Å². The van der Waals surface area contributed by atoms with Gasteiger partial charge in [0.15, 0.2) is 10.9 Å². The molecule has 0 aliphatic carbocycles. The third-order valence-corrected chi connectivity index (χ3v) is 5.02. The van der Waals surface area contributed by atoms with Crippen molar-refractivity contribution in [3.63, 3.8) is 0 Å². The second-order valence-electron chi connectivity index (χ2n) is 7.18. The third-order valence-electron chi connectivity index (χ3n) is 4.82. The number of ether oxygens (including phenoxy) is 1. The van der Waals surface area contributed by atoms with E-state index in [9.17, 15) is 18.0 Å². The van der Waals surface area contributed by atoms with E-state index in [4.69, 9.17) is 12.2 Å². The lowest BCUT2D eigenvalue weighted by Crippen LogP contribution is -2.33. The van der Waals surface area contributed by atoms with Crippen LogP contribution in [0.2, 0.25) is 0 Å². The van der Waals surface area contributed by atoms with Crippen molar-refractivity contribution in [2.75, 3.05) is 30.8 Å². The van der Waals surface area contributed by atoms with Crippen LogP contribution >= 0.6 is 12.2 Å². The molecule has 1 saturated heterocycles. The molecular weight excluding hydrogens is 415 g/mol. The van der Waals surface area contributed by atoms with Crippen molar-refractivity contribution in [1.82, 2.24) is 4.90 Å². The Bertz CT molecular complexity index is 912. The van der Waals surface area contributed by atoms with Gasteiger partial charge in [0.1, 0.15) is 5.75 Å². The van der Waals surface area contributed by atoms with E-state index in [1.807, 2.05) is 7.05 Å². The Labute approximate surface area is 178 Å². The summed E-state index contributed by atoms with van der Waals surface area (Å²) in [4.78, 5) is 15.0. The van der Waals surface area contributed by atoms with Gasteiger partial charge in [-0.15, -0.1) is 13.2 Å². The summed E-state index contributed by atoms with van der Waals surface area (Å²) in [6, 6.07) is 12.4. The van der Waals surface area contributed by atoms with Crippen LogP contribution < -0.4 is 15.4 Å². The lowest BCUT2D eigenvalue weighted by molar-refractivity contribution is -0.274. The molecule has 1 aliphatic heterocycles. The summed E-state index contributed by atoms with van der Waals surface area (Å²) in [5.41, 5.74) is 1.57. The second-order valence-corrected chi connectivity index (χ2v) is 7.59. The minimum absolute atomic E-state index is 0.0119. The third kappa shape index (κ3) is 6.43. The van der Waals surface area contributed by atoms with E-state index < -0.39 is 6.36 Å². The Morgan fingerprint density at radius 2 is 1.67 bits per heavy atom. The number of rotatable bonds is 5. The first kappa shape index (κ1) is 22.0. The number of Topliss-reactive ketones (excluding diaryl/α,β-unsaturated/α-hetero) is 1. The molecule has 0 spiro atoms. The van der Waals surface area contributed by atoms with Crippen LogP contribution in [0.3, 0.4) is 0 Å². The molecule has 9 heteroatoms. The van der Waals surface area contributed by atoms with Gasteiger partial charge in [0.05, 0.1) is 0 Å². The van der Waals surface area contributed by atoms with E-state index in [-0.39, 0.29) is 22.6 Å². The second kappa shape index (κ2) is 9.44. The summed E-state index contributed by atoms with van der Waals surface area (Å²) in [7, 11) is 2.05. The van der Waals surface area contributed by atoms with Crippen molar-refractivity contribution in [2.45, 2.75) is 19.2 Å². The number of nitrogens with one attached hydrogen (secondary N) is 2. The maximum absolute atomic E-state index is 12.8. The number of thiocarbonyl (C=S) groups is 1. The molecule has 2 N–H and O–H groups in total. The SMILES string of the molecule is CN1CCC(C(=O)c2cccc(NC(=S)Nc3cccc(OC(F)(F)F)c3)c2)CC1. The van der Waals surface area contributed by atoms with Crippen LogP contribution in [-0.2, 0) is 0 Å². The first-order chi connectivity index (χ1) is 14.2. The van der Waals surface area contributed by atoms with Crippen LogP contribution in [-0.4, -0.2) is 42.3 Å². The summed E-state index contributed by atoms with van der Waals surface area (Å²) in [5.74, 6) is -0.221. The first-order valence-electron chi connectivity index (χ1n) is 9.46. The molecule has 0 bridgehead atoms. The Morgan fingerprint density at radius 1 is 1.07 bits per heavy atom. The molecule has 30 heavy (non-hydrogen) atoms. The number of piperidine rings is 1. The first-order valence-corrected chi connectivity index (χ1v) is 9.87. The molecule has 160 valence electrons. The van der Waals surface area contributed by atoms with Crippen molar-refractivity contribution in [3.8, 4) is 5.75 Å². The molecular formula is C21H22F3N3O2S. The minimum atomic E-state index is -4.77. The topological polar surface area (TPSA) is 53.6 Å². The van der Waals surface area contributed by atoms with Gasteiger partial charge in [0.25, 0.3) is 0 Å². The molecule has 0 unspecified atom stereocenters. The predicted octanol–water partition coefficient (Wildman–Crippen LogP) is 4.92. The number of hydrogen-bond acceptors (Lipinski definition) is 4. The van der Waals surface area contributed by atoms with Gasteiger partial charge in [-0.05, 0) is 69.5 Å². The summed E-state index contributed by atoms with van der Waals surface area (Å²) in [6.07, 6.45) is -3.09. The molecule has 1 heterocycles. The average molecular weight is 437 g/mol. The number of anilines is 2. The number of alkyl halides is 3. The summed E-state index contributed by atoms with van der Waals surface area (Å²) in [6.45, 7) is 1.80. The molecule has 2 aromatic rings. The molecule has 1 aliphatic rings. The van der Waals surface area contributed by atoms with Gasteiger partial charge in [-0.1, -0.05) is 18.2 Å². The molecule has 0 radical (unpaired) electrons. The van der Waals surface area contributed by atoms with Crippen LogP contribution in [0.25, 0.3) is 0 Å². The standard InChI is InChI=1S/C21H22F3N3O2S/c1-27-10-8-14(9-11-27)19(28)15-4-2-5-16(12-15)25-20(30)26-17-6-3-7-18(13-17)29-21(22,23)24/h2-7,12-14H,8-11H2,1H3,(H2,25,26,30). The van der Waals surface area contributed by atoms with E-state index in [2.05, 4.69) is 20.3 Å². The molecule has 0 saturated carbocycles. The lowest BCUT2D eigenvalue weighted by Gasteiger charge is -2.28. The quantitative estimate of drug-likeness (QED) is 0.512. The van der Waals surface area contributed by atoms with E-state index in [0.717, 1.165) is 25.9 Å². The monoisotopic (exact) mass is 437 g/mol. The van der Waals surface area contributed by atoms with Gasteiger partial charge in [-0.2, -0.15) is 0 Å². The molecule has 2 aromatic carbocycles. The molecule has 0 atom stereocenters. The van der Waals surface area contributed by atoms with Gasteiger partial charge in [0.2, 0.25) is 0 Å². The number of hydrogen-bond donors (Lipinski definition) is 2. The molecule has 0 amide bonds. The number of carbonyl (C=O) groups excluding carboxylic acids is 1. The Balaban J connectivity index is 1.61. The van der Waals surface area contributed by atoms with Gasteiger partial charge in [0, 0.05) is 28.9 Å². The summed E-state index contributed by atoms with van der Waals surface area (Å²) >= 11 is 5.24. The normalized spacial score (nSPS) is 15.5. The summed E-state index contributed by atoms with van der Waals surface area (Å²) in [5, 5.41) is 5.96. The highest BCUT2D eigenvalue weighted by Gasteiger charge is 2.31. The summed E-state index contributed by atoms with van der Waals surface area (Å²) < 4.78 is 41.0. The number of carbonyl (C=O) groups is 1. The zero-order valence-corrected chi connectivity index (χ0v) is 17.1. The average Bonchev–Trinajstić information content (AvgIpc) is 2.67.